The van der Waals surface area contributed by atoms with Gasteiger partial charge in [0.05, 0.1) is 55.4 Å². The number of carbonyl (C=O) groups is 6. The Morgan fingerprint density at radius 1 is 0.985 bits per heavy atom. The highest BCUT2D eigenvalue weighted by atomic mass is 19.3. The van der Waals surface area contributed by atoms with Gasteiger partial charge in [-0.15, -0.1) is 0 Å². The number of rotatable bonds is 17. The molecule has 1 unspecified atom stereocenters. The number of piperidine rings is 2. The van der Waals surface area contributed by atoms with E-state index in [-0.39, 0.29) is 70.5 Å². The number of carbonyl (C=O) groups excluding carboxylic acids is 6. The molecule has 1 aromatic heterocycles. The number of nitrogens with zero attached hydrogens (tertiary/aromatic N) is 7. The zero-order valence-electron chi connectivity index (χ0n) is 38.2. The van der Waals surface area contributed by atoms with Crippen LogP contribution in [-0.2, 0) is 19.1 Å². The van der Waals surface area contributed by atoms with E-state index >= 15 is 13.2 Å². The largest absolute Gasteiger partial charge is 0.495 e. The van der Waals surface area contributed by atoms with Gasteiger partial charge in [-0.3, -0.25) is 39.0 Å². The first kappa shape index (κ1) is 48.1. The van der Waals surface area contributed by atoms with Crippen molar-refractivity contribution in [2.24, 2.45) is 0 Å². The number of likely N-dealkylation sites (N-methyl/N-ethyl adjacent to an activating group) is 1. The number of alkyl halides is 2. The lowest BCUT2D eigenvalue weighted by atomic mass is 10.0. The Morgan fingerprint density at radius 2 is 1.75 bits per heavy atom. The van der Waals surface area contributed by atoms with Crippen molar-refractivity contribution in [2.75, 3.05) is 101 Å². The quantitative estimate of drug-likeness (QED) is 0.113. The van der Waals surface area contributed by atoms with Crippen LogP contribution in [0.1, 0.15) is 82.4 Å². The van der Waals surface area contributed by atoms with E-state index in [1.807, 2.05) is 7.05 Å². The van der Waals surface area contributed by atoms with Crippen LogP contribution < -0.4 is 35.8 Å². The highest BCUT2D eigenvalue weighted by Gasteiger charge is 2.49. The van der Waals surface area contributed by atoms with Gasteiger partial charge < -0.3 is 45.0 Å². The number of ether oxygens (including phenoxy) is 2. The van der Waals surface area contributed by atoms with Crippen LogP contribution in [0.25, 0.3) is 0 Å². The minimum absolute atomic E-state index is 0.0293. The van der Waals surface area contributed by atoms with Crippen LogP contribution in [0, 0.1) is 5.82 Å². The third-order valence-corrected chi connectivity index (χ3v) is 13.3. The molecule has 8 rings (SSSR count). The number of fused-ring (bicyclic) bond motifs is 2. The molecule has 68 heavy (non-hydrogen) atoms. The second-order valence-electron chi connectivity index (χ2n) is 17.8. The summed E-state index contributed by atoms with van der Waals surface area (Å²) in [5.74, 6) is -8.33. The van der Waals surface area contributed by atoms with E-state index in [4.69, 9.17) is 9.47 Å². The number of anilines is 5. The Labute approximate surface area is 391 Å². The molecule has 4 N–H and O–H groups in total. The van der Waals surface area contributed by atoms with Crippen LogP contribution in [0.3, 0.4) is 0 Å². The lowest BCUT2D eigenvalue weighted by molar-refractivity contribution is -0.140. The van der Waals surface area contributed by atoms with E-state index < -0.39 is 59.8 Å². The number of imide groups is 2. The highest BCUT2D eigenvalue weighted by molar-refractivity contribution is 6.25. The first-order chi connectivity index (χ1) is 32.6. The normalized spacial score (nSPS) is 20.1. The summed E-state index contributed by atoms with van der Waals surface area (Å²) in [7, 11) is 4.58. The smallest absolute Gasteiger partial charge is 0.342 e. The van der Waals surface area contributed by atoms with E-state index in [1.54, 1.807) is 18.2 Å². The van der Waals surface area contributed by atoms with Crippen LogP contribution >= 0.6 is 0 Å². The number of nitrogens with one attached hydrogen (secondary N) is 4. The molecule has 5 aliphatic rings. The minimum Gasteiger partial charge on any atom is -0.495 e. The molecule has 19 nitrogen and oxygen atoms in total. The Hall–Kier alpha value is -6.39. The van der Waals surface area contributed by atoms with Gasteiger partial charge in [0.1, 0.15) is 23.3 Å². The first-order valence-corrected chi connectivity index (χ1v) is 23.0. The van der Waals surface area contributed by atoms with Gasteiger partial charge in [-0.1, -0.05) is 18.9 Å². The second-order valence-corrected chi connectivity index (χ2v) is 17.8. The maximum Gasteiger partial charge on any atom is 0.342 e. The number of hydrogen-bond donors (Lipinski definition) is 4. The van der Waals surface area contributed by atoms with Crippen molar-refractivity contribution in [3.05, 3.63) is 59.0 Å². The molecule has 364 valence electrons. The van der Waals surface area contributed by atoms with E-state index in [0.717, 1.165) is 28.7 Å². The van der Waals surface area contributed by atoms with Crippen LogP contribution in [-0.4, -0.2) is 164 Å². The summed E-state index contributed by atoms with van der Waals surface area (Å²) in [5, 5.41) is 11.3. The number of methoxy groups -OCH3 is 1. The summed E-state index contributed by atoms with van der Waals surface area (Å²) in [6.07, 6.45) is 5.82. The molecule has 0 bridgehead atoms. The molecule has 2 saturated heterocycles. The SMILES string of the molecule is COc1cc(C(=O)NC2CCN(CCOCCN(C)CCNc3cccc4c3C(=O)N(C3CCC(=O)NC3=O)C4=O)CC2)c(F)cc1Nc1ncc2c(n1)N(C1CCCC1)CC(F)(F)C(=O)N2C. The number of halogens is 3. The molecule has 3 aromatic rings. The zero-order valence-corrected chi connectivity index (χ0v) is 38.2. The number of amides is 6. The van der Waals surface area contributed by atoms with Gasteiger partial charge in [-0.2, -0.15) is 13.8 Å². The topological polar surface area (TPSA) is 211 Å². The molecule has 0 spiro atoms. The molecular weight excluding hydrogens is 892 g/mol. The monoisotopic (exact) mass is 947 g/mol. The molecule has 5 heterocycles. The summed E-state index contributed by atoms with van der Waals surface area (Å²) in [5.41, 5.74) is 0.961. The number of benzene rings is 2. The van der Waals surface area contributed by atoms with Crippen molar-refractivity contribution in [3.8, 4) is 5.75 Å². The summed E-state index contributed by atoms with van der Waals surface area (Å²) in [6, 6.07) is 5.89. The van der Waals surface area contributed by atoms with E-state index in [0.29, 0.717) is 83.9 Å². The summed E-state index contributed by atoms with van der Waals surface area (Å²) in [4.78, 5) is 93.0. The van der Waals surface area contributed by atoms with E-state index in [9.17, 15) is 28.8 Å². The van der Waals surface area contributed by atoms with Crippen LogP contribution in [0.5, 0.6) is 5.75 Å². The number of aromatic nitrogens is 2. The third kappa shape index (κ3) is 10.2. The molecule has 1 saturated carbocycles. The standard InChI is InChI=1S/C46H56F3N11O8/c1-56(18-15-50-32-10-6-9-29-38(32)43(65)60(42(29)64)34-11-12-37(61)54-41(34)63)19-21-68-22-20-58-16-13-27(14-17-58)52-40(62)30-23-36(67-3)33(24-31(30)47)53-45-51-25-35-39(55-45)59(28-7-4-5-8-28)26-46(48,49)44(66)57(35)2/h6,9-10,23-25,27-28,34,50H,4-5,7-8,11-22,26H2,1-3H3,(H,52,62)(H,51,53,55)(H,54,61,63). The molecule has 22 heteroatoms. The fourth-order valence-corrected chi connectivity index (χ4v) is 9.45. The molecule has 3 fully saturated rings. The van der Waals surface area contributed by atoms with Crippen molar-refractivity contribution in [2.45, 2.75) is 75.4 Å². The molecule has 2 aromatic carbocycles. The third-order valence-electron chi connectivity index (χ3n) is 13.3. The Balaban J connectivity index is 0.758. The average molecular weight is 948 g/mol. The van der Waals surface area contributed by atoms with Crippen LogP contribution in [0.2, 0.25) is 0 Å². The van der Waals surface area contributed by atoms with Gasteiger partial charge in [-0.25, -0.2) is 9.37 Å². The predicted octanol–water partition coefficient (Wildman–Crippen LogP) is 3.38. The van der Waals surface area contributed by atoms with Crippen molar-refractivity contribution in [3.63, 3.8) is 0 Å². The molecule has 1 aliphatic carbocycles. The molecular formula is C46H56F3N11O8. The zero-order chi connectivity index (χ0) is 48.3. The lowest BCUT2D eigenvalue weighted by Crippen LogP contribution is -2.54. The minimum atomic E-state index is -3.64. The number of hydrogen-bond acceptors (Lipinski definition) is 15. The molecule has 6 amide bonds. The van der Waals surface area contributed by atoms with Crippen molar-refractivity contribution in [1.29, 1.82) is 0 Å². The Morgan fingerprint density at radius 3 is 2.49 bits per heavy atom. The molecule has 4 aliphatic heterocycles. The Bertz CT molecular complexity index is 2450. The second kappa shape index (κ2) is 20.5. The highest BCUT2D eigenvalue weighted by Crippen LogP contribution is 2.40. The fourth-order valence-electron chi connectivity index (χ4n) is 9.45. The Kier molecular flexibility index (Phi) is 14.5. The van der Waals surface area contributed by atoms with Gasteiger partial charge in [0.15, 0.2) is 5.82 Å². The van der Waals surface area contributed by atoms with Crippen molar-refractivity contribution in [1.82, 2.24) is 35.3 Å². The summed E-state index contributed by atoms with van der Waals surface area (Å²) in [6.45, 7) is 4.02. The average Bonchev–Trinajstić information content (AvgIpc) is 3.93. The van der Waals surface area contributed by atoms with Crippen molar-refractivity contribution >= 4 is 64.3 Å². The van der Waals surface area contributed by atoms with Crippen LogP contribution in [0.15, 0.2) is 36.5 Å². The van der Waals surface area contributed by atoms with Crippen LogP contribution in [0.4, 0.5) is 42.0 Å². The van der Waals surface area contributed by atoms with Gasteiger partial charge in [0.25, 0.3) is 23.6 Å². The maximum absolute atomic E-state index is 15.6. The van der Waals surface area contributed by atoms with Gasteiger partial charge in [0, 0.05) is 76.6 Å². The molecule has 0 radical (unpaired) electrons. The lowest BCUT2D eigenvalue weighted by Gasteiger charge is -2.32. The van der Waals surface area contributed by atoms with E-state index in [1.165, 1.54) is 31.3 Å². The predicted molar refractivity (Wildman–Crippen MR) is 243 cm³/mol. The fraction of sp³-hybridized carbons (Fsp3) is 0.522. The van der Waals surface area contributed by atoms with E-state index in [2.05, 4.69) is 41.0 Å². The van der Waals surface area contributed by atoms with Gasteiger partial charge in [-0.05, 0) is 57.4 Å². The number of likely N-dealkylation sites (tertiary alicyclic amines) is 1. The van der Waals surface area contributed by atoms with Gasteiger partial charge >= 0.3 is 5.92 Å². The maximum atomic E-state index is 15.6. The summed E-state index contributed by atoms with van der Waals surface area (Å²) >= 11 is 0. The van der Waals surface area contributed by atoms with Gasteiger partial charge in [0.2, 0.25) is 17.8 Å². The molecule has 1 atom stereocenters. The van der Waals surface area contributed by atoms with Crippen molar-refractivity contribution < 1.29 is 51.4 Å². The summed E-state index contributed by atoms with van der Waals surface area (Å²) < 4.78 is 57.2. The first-order valence-electron chi connectivity index (χ1n) is 23.0.